The quantitative estimate of drug-likeness (QED) is 0.747. The largest absolute Gasteiger partial charge is 0.380 e. The van der Waals surface area contributed by atoms with Crippen LogP contribution in [0.3, 0.4) is 0 Å². The van der Waals surface area contributed by atoms with Gasteiger partial charge < -0.3 is 10.1 Å². The van der Waals surface area contributed by atoms with Crippen LogP contribution in [0, 0.1) is 0 Å². The summed E-state index contributed by atoms with van der Waals surface area (Å²) in [7, 11) is 2.21. The van der Waals surface area contributed by atoms with Crippen LogP contribution in [0.4, 0.5) is 0 Å². The molecule has 0 aromatic heterocycles. The van der Waals surface area contributed by atoms with E-state index in [2.05, 4.69) is 17.3 Å². The van der Waals surface area contributed by atoms with Gasteiger partial charge in [-0.2, -0.15) is 0 Å². The monoisotopic (exact) mass is 228 g/mol. The Morgan fingerprint density at radius 2 is 1.92 bits per heavy atom. The summed E-state index contributed by atoms with van der Waals surface area (Å²) in [6.07, 6.45) is 1.22. The first-order valence-electron chi connectivity index (χ1n) is 4.38. The molecule has 0 saturated carbocycles. The second-order valence-electron chi connectivity index (χ2n) is 3.49. The Morgan fingerprint density at radius 1 is 1.23 bits per heavy atom. The standard InChI is InChI=1S/C8H16N2O.2ClH/c1-10(8-4-9-5-8)7-2-3-11-6-7;;/h7-9H,2-6H2,1H3;2*1H/t7-;;/m0../s1. The molecule has 13 heavy (non-hydrogen) atoms. The molecule has 0 unspecified atom stereocenters. The number of ether oxygens (including phenoxy) is 1. The van der Waals surface area contributed by atoms with Gasteiger partial charge in [-0.05, 0) is 13.5 Å². The molecule has 0 amide bonds. The molecule has 2 fully saturated rings. The fourth-order valence-corrected chi connectivity index (χ4v) is 1.70. The topological polar surface area (TPSA) is 24.5 Å². The number of rotatable bonds is 2. The summed E-state index contributed by atoms with van der Waals surface area (Å²) >= 11 is 0. The predicted octanol–water partition coefficient (Wildman–Crippen LogP) is 0.522. The second kappa shape index (κ2) is 6.04. The van der Waals surface area contributed by atoms with E-state index >= 15 is 0 Å². The number of halogens is 2. The number of likely N-dealkylation sites (N-methyl/N-ethyl adjacent to an activating group) is 1. The molecule has 1 N–H and O–H groups in total. The molecule has 3 nitrogen and oxygen atoms in total. The van der Waals surface area contributed by atoms with Crippen molar-refractivity contribution in [2.45, 2.75) is 18.5 Å². The Kier molecular flexibility index (Phi) is 6.25. The van der Waals surface area contributed by atoms with E-state index < -0.39 is 0 Å². The van der Waals surface area contributed by atoms with Crippen molar-refractivity contribution in [2.24, 2.45) is 0 Å². The third-order valence-corrected chi connectivity index (χ3v) is 2.82. The summed E-state index contributed by atoms with van der Waals surface area (Å²) in [6, 6.07) is 1.45. The van der Waals surface area contributed by atoms with Gasteiger partial charge in [-0.25, -0.2) is 0 Å². The maximum Gasteiger partial charge on any atom is 0.0622 e. The molecular weight excluding hydrogens is 211 g/mol. The van der Waals surface area contributed by atoms with Gasteiger partial charge >= 0.3 is 0 Å². The van der Waals surface area contributed by atoms with Crippen molar-refractivity contribution >= 4 is 24.8 Å². The zero-order valence-electron chi connectivity index (χ0n) is 7.86. The molecule has 0 aromatic rings. The van der Waals surface area contributed by atoms with Crippen LogP contribution in [-0.4, -0.2) is 50.3 Å². The fraction of sp³-hybridized carbons (Fsp3) is 1.00. The lowest BCUT2D eigenvalue weighted by Crippen LogP contribution is -2.58. The molecule has 0 aromatic carbocycles. The molecule has 2 aliphatic rings. The number of hydrogen-bond donors (Lipinski definition) is 1. The maximum absolute atomic E-state index is 5.33. The van der Waals surface area contributed by atoms with Crippen molar-refractivity contribution < 1.29 is 4.74 Å². The fourth-order valence-electron chi connectivity index (χ4n) is 1.70. The third kappa shape index (κ3) is 2.96. The SMILES string of the molecule is CN(C1CNC1)[C@H]1CCOC1.Cl.Cl. The lowest BCUT2D eigenvalue weighted by atomic mass is 10.1. The second-order valence-corrected chi connectivity index (χ2v) is 3.49. The highest BCUT2D eigenvalue weighted by Gasteiger charge is 2.29. The van der Waals surface area contributed by atoms with E-state index in [1.807, 2.05) is 0 Å². The van der Waals surface area contributed by atoms with Crippen molar-refractivity contribution in [1.82, 2.24) is 10.2 Å². The Morgan fingerprint density at radius 3 is 2.31 bits per heavy atom. The van der Waals surface area contributed by atoms with Gasteiger partial charge in [-0.3, -0.25) is 4.90 Å². The lowest BCUT2D eigenvalue weighted by molar-refractivity contribution is 0.106. The predicted molar refractivity (Wildman–Crippen MR) is 58.1 cm³/mol. The average Bonchev–Trinajstić information content (AvgIpc) is 2.32. The minimum Gasteiger partial charge on any atom is -0.380 e. The smallest absolute Gasteiger partial charge is 0.0622 e. The van der Waals surface area contributed by atoms with E-state index in [0.717, 1.165) is 32.3 Å². The van der Waals surface area contributed by atoms with E-state index in [1.165, 1.54) is 6.42 Å². The van der Waals surface area contributed by atoms with Gasteiger partial charge in [-0.1, -0.05) is 0 Å². The van der Waals surface area contributed by atoms with E-state index in [0.29, 0.717) is 6.04 Å². The minimum absolute atomic E-state index is 0. The van der Waals surface area contributed by atoms with Gasteiger partial charge in [0.25, 0.3) is 0 Å². The first-order chi connectivity index (χ1) is 5.38. The average molecular weight is 229 g/mol. The highest BCUT2D eigenvalue weighted by Crippen LogP contribution is 2.14. The maximum atomic E-state index is 5.33. The minimum atomic E-state index is 0. The molecule has 2 saturated heterocycles. The van der Waals surface area contributed by atoms with Gasteiger partial charge in [-0.15, -0.1) is 24.8 Å². The molecule has 2 aliphatic heterocycles. The van der Waals surface area contributed by atoms with Crippen LogP contribution in [-0.2, 0) is 4.74 Å². The lowest BCUT2D eigenvalue weighted by Gasteiger charge is -2.38. The van der Waals surface area contributed by atoms with Gasteiger partial charge in [0, 0.05) is 31.8 Å². The molecule has 0 bridgehead atoms. The van der Waals surface area contributed by atoms with Gasteiger partial charge in [0.2, 0.25) is 0 Å². The zero-order chi connectivity index (χ0) is 7.68. The molecular formula is C8H18Cl2N2O. The summed E-state index contributed by atoms with van der Waals surface area (Å²) in [6.45, 7) is 4.21. The molecule has 5 heteroatoms. The number of nitrogens with zero attached hydrogens (tertiary/aromatic N) is 1. The summed E-state index contributed by atoms with van der Waals surface area (Å²) in [4.78, 5) is 2.46. The van der Waals surface area contributed by atoms with Gasteiger partial charge in [0.05, 0.1) is 6.61 Å². The number of hydrogen-bond acceptors (Lipinski definition) is 3. The van der Waals surface area contributed by atoms with Crippen LogP contribution >= 0.6 is 24.8 Å². The van der Waals surface area contributed by atoms with Crippen LogP contribution in [0.5, 0.6) is 0 Å². The van der Waals surface area contributed by atoms with E-state index in [-0.39, 0.29) is 24.8 Å². The first kappa shape index (κ1) is 13.5. The Hall–Kier alpha value is 0.460. The van der Waals surface area contributed by atoms with Crippen LogP contribution in [0.2, 0.25) is 0 Å². The number of nitrogens with one attached hydrogen (secondary N) is 1. The van der Waals surface area contributed by atoms with Gasteiger partial charge in [0.15, 0.2) is 0 Å². The Bertz CT molecular complexity index is 138. The van der Waals surface area contributed by atoms with Crippen molar-refractivity contribution in [3.05, 3.63) is 0 Å². The molecule has 2 heterocycles. The molecule has 1 atom stereocenters. The highest BCUT2D eigenvalue weighted by molar-refractivity contribution is 5.85. The zero-order valence-corrected chi connectivity index (χ0v) is 9.50. The normalized spacial score (nSPS) is 27.7. The van der Waals surface area contributed by atoms with E-state index in [4.69, 9.17) is 4.74 Å². The van der Waals surface area contributed by atoms with Crippen LogP contribution < -0.4 is 5.32 Å². The summed E-state index contributed by atoms with van der Waals surface area (Å²) in [5.74, 6) is 0. The van der Waals surface area contributed by atoms with Gasteiger partial charge in [0.1, 0.15) is 0 Å². The van der Waals surface area contributed by atoms with Crippen LogP contribution in [0.25, 0.3) is 0 Å². The van der Waals surface area contributed by atoms with E-state index in [1.54, 1.807) is 0 Å². The van der Waals surface area contributed by atoms with Crippen molar-refractivity contribution in [3.63, 3.8) is 0 Å². The first-order valence-corrected chi connectivity index (χ1v) is 4.38. The molecule has 2 rings (SSSR count). The highest BCUT2D eigenvalue weighted by atomic mass is 35.5. The molecule has 0 spiro atoms. The van der Waals surface area contributed by atoms with Crippen molar-refractivity contribution in [1.29, 1.82) is 0 Å². The molecule has 0 radical (unpaired) electrons. The summed E-state index contributed by atoms with van der Waals surface area (Å²) in [5.41, 5.74) is 0. The summed E-state index contributed by atoms with van der Waals surface area (Å²) < 4.78 is 5.33. The van der Waals surface area contributed by atoms with Crippen LogP contribution in [0.1, 0.15) is 6.42 Å². The van der Waals surface area contributed by atoms with Crippen molar-refractivity contribution in [3.8, 4) is 0 Å². The van der Waals surface area contributed by atoms with Crippen molar-refractivity contribution in [2.75, 3.05) is 33.4 Å². The Balaban J connectivity index is 0.000000720. The summed E-state index contributed by atoms with van der Waals surface area (Å²) in [5, 5.41) is 3.28. The third-order valence-electron chi connectivity index (χ3n) is 2.82. The van der Waals surface area contributed by atoms with E-state index in [9.17, 15) is 0 Å². The molecule has 0 aliphatic carbocycles. The van der Waals surface area contributed by atoms with Crippen LogP contribution in [0.15, 0.2) is 0 Å². The molecule has 80 valence electrons. The Labute approximate surface area is 92.0 Å².